The molecule has 2 N–H and O–H groups in total. The maximum Gasteiger partial charge on any atom is 0.233 e. The van der Waals surface area contributed by atoms with Crippen LogP contribution in [0.15, 0.2) is 0 Å². The van der Waals surface area contributed by atoms with E-state index in [9.17, 15) is 0 Å². The van der Waals surface area contributed by atoms with Gasteiger partial charge in [0.1, 0.15) is 0 Å². The highest BCUT2D eigenvalue weighted by molar-refractivity contribution is 7.09. The van der Waals surface area contributed by atoms with E-state index in [0.717, 1.165) is 18.1 Å². The zero-order valence-electron chi connectivity index (χ0n) is 9.43. The molecular weight excluding hydrogens is 212 g/mol. The SMILES string of the molecule is CCC(C)N(CCOC)c1nc(N)ns1. The zero-order chi connectivity index (χ0) is 11.3. The van der Waals surface area contributed by atoms with Crippen molar-refractivity contribution in [3.8, 4) is 0 Å². The first-order valence-electron chi connectivity index (χ1n) is 5.03. The van der Waals surface area contributed by atoms with Crippen LogP contribution in [0.2, 0.25) is 0 Å². The Labute approximate surface area is 94.4 Å². The third kappa shape index (κ3) is 3.32. The molecule has 1 atom stereocenters. The number of methoxy groups -OCH3 is 1. The molecule has 1 unspecified atom stereocenters. The quantitative estimate of drug-likeness (QED) is 0.799. The first-order valence-corrected chi connectivity index (χ1v) is 5.81. The maximum atomic E-state index is 5.52. The first kappa shape index (κ1) is 12.2. The fourth-order valence-corrected chi connectivity index (χ4v) is 1.98. The van der Waals surface area contributed by atoms with Crippen LogP contribution in [0.1, 0.15) is 20.3 Å². The van der Waals surface area contributed by atoms with Crippen molar-refractivity contribution in [2.75, 3.05) is 30.9 Å². The molecule has 86 valence electrons. The summed E-state index contributed by atoms with van der Waals surface area (Å²) >= 11 is 1.34. The number of anilines is 2. The Bertz CT molecular complexity index is 291. The number of hydrogen-bond donors (Lipinski definition) is 1. The molecule has 0 fully saturated rings. The monoisotopic (exact) mass is 230 g/mol. The summed E-state index contributed by atoms with van der Waals surface area (Å²) in [5, 5.41) is 0.874. The van der Waals surface area contributed by atoms with Crippen molar-refractivity contribution in [2.24, 2.45) is 0 Å². The molecule has 1 rings (SSSR count). The molecule has 0 bridgehead atoms. The van der Waals surface area contributed by atoms with E-state index < -0.39 is 0 Å². The molecule has 0 aliphatic heterocycles. The molecule has 1 heterocycles. The molecule has 0 amide bonds. The molecule has 0 aliphatic rings. The van der Waals surface area contributed by atoms with E-state index in [4.69, 9.17) is 10.5 Å². The summed E-state index contributed by atoms with van der Waals surface area (Å²) in [5.74, 6) is 0.348. The Kier molecular flexibility index (Phi) is 4.77. The number of nitrogens with two attached hydrogens (primary N) is 1. The van der Waals surface area contributed by atoms with Gasteiger partial charge < -0.3 is 15.4 Å². The molecular formula is C9H18N4OS. The lowest BCUT2D eigenvalue weighted by Crippen LogP contribution is -2.35. The van der Waals surface area contributed by atoms with Gasteiger partial charge >= 0.3 is 0 Å². The second kappa shape index (κ2) is 5.87. The van der Waals surface area contributed by atoms with Crippen LogP contribution >= 0.6 is 11.5 Å². The van der Waals surface area contributed by atoms with E-state index in [1.807, 2.05) is 0 Å². The Balaban J connectivity index is 2.71. The van der Waals surface area contributed by atoms with Crippen molar-refractivity contribution in [3.05, 3.63) is 0 Å². The van der Waals surface area contributed by atoms with E-state index in [1.165, 1.54) is 11.5 Å². The van der Waals surface area contributed by atoms with Gasteiger partial charge in [0, 0.05) is 31.2 Å². The van der Waals surface area contributed by atoms with Gasteiger partial charge in [0.05, 0.1) is 6.61 Å². The zero-order valence-corrected chi connectivity index (χ0v) is 10.3. The van der Waals surface area contributed by atoms with Gasteiger partial charge in [-0.3, -0.25) is 0 Å². The van der Waals surface area contributed by atoms with Crippen LogP contribution < -0.4 is 10.6 Å². The summed E-state index contributed by atoms with van der Waals surface area (Å²) in [5.41, 5.74) is 5.52. The maximum absolute atomic E-state index is 5.52. The van der Waals surface area contributed by atoms with Gasteiger partial charge in [-0.05, 0) is 13.3 Å². The lowest BCUT2D eigenvalue weighted by Gasteiger charge is -2.27. The predicted octanol–water partition coefficient (Wildman–Crippen LogP) is 1.37. The number of nitrogens with zero attached hydrogens (tertiary/aromatic N) is 3. The van der Waals surface area contributed by atoms with Crippen LogP contribution in [0.3, 0.4) is 0 Å². The van der Waals surface area contributed by atoms with Gasteiger partial charge in [0.2, 0.25) is 11.1 Å². The molecule has 5 nitrogen and oxygen atoms in total. The molecule has 0 aromatic carbocycles. The van der Waals surface area contributed by atoms with Crippen molar-refractivity contribution in [2.45, 2.75) is 26.3 Å². The van der Waals surface area contributed by atoms with Crippen molar-refractivity contribution in [1.82, 2.24) is 9.36 Å². The molecule has 1 aromatic heterocycles. The summed E-state index contributed by atoms with van der Waals surface area (Å²) in [7, 11) is 1.70. The molecule has 0 radical (unpaired) electrons. The summed E-state index contributed by atoms with van der Waals surface area (Å²) in [4.78, 5) is 6.37. The second-order valence-electron chi connectivity index (χ2n) is 3.38. The van der Waals surface area contributed by atoms with Gasteiger partial charge in [-0.25, -0.2) is 0 Å². The highest BCUT2D eigenvalue weighted by Crippen LogP contribution is 2.21. The molecule has 1 aromatic rings. The van der Waals surface area contributed by atoms with E-state index in [-0.39, 0.29) is 0 Å². The number of ether oxygens (including phenoxy) is 1. The van der Waals surface area contributed by atoms with Crippen LogP contribution in [0.4, 0.5) is 11.1 Å². The van der Waals surface area contributed by atoms with Crippen LogP contribution in [-0.2, 0) is 4.74 Å². The Morgan fingerprint density at radius 2 is 2.33 bits per heavy atom. The lowest BCUT2D eigenvalue weighted by molar-refractivity contribution is 0.203. The smallest absolute Gasteiger partial charge is 0.233 e. The number of nitrogen functional groups attached to an aromatic ring is 1. The summed E-state index contributed by atoms with van der Waals surface area (Å²) in [6.07, 6.45) is 1.06. The Hall–Kier alpha value is -0.880. The van der Waals surface area contributed by atoms with Gasteiger partial charge in [-0.15, -0.1) is 0 Å². The van der Waals surface area contributed by atoms with E-state index in [1.54, 1.807) is 7.11 Å². The topological polar surface area (TPSA) is 64.3 Å². The molecule has 15 heavy (non-hydrogen) atoms. The molecule has 0 saturated carbocycles. The third-order valence-electron chi connectivity index (χ3n) is 2.34. The van der Waals surface area contributed by atoms with Crippen LogP contribution in [0.5, 0.6) is 0 Å². The molecule has 6 heteroatoms. The van der Waals surface area contributed by atoms with Gasteiger partial charge in [-0.2, -0.15) is 9.36 Å². The van der Waals surface area contributed by atoms with Crippen molar-refractivity contribution >= 4 is 22.6 Å². The predicted molar refractivity (Wildman–Crippen MR) is 63.3 cm³/mol. The molecule has 0 saturated heterocycles. The van der Waals surface area contributed by atoms with Gasteiger partial charge in [0.25, 0.3) is 0 Å². The average molecular weight is 230 g/mol. The standard InChI is InChI=1S/C9H18N4OS/c1-4-7(2)13(5-6-14-3)9-11-8(10)12-15-9/h7H,4-6H2,1-3H3,(H2,10,12). The normalized spacial score (nSPS) is 12.7. The highest BCUT2D eigenvalue weighted by Gasteiger charge is 2.16. The fourth-order valence-electron chi connectivity index (χ4n) is 1.26. The number of aromatic nitrogens is 2. The minimum absolute atomic E-state index is 0.348. The number of rotatable bonds is 6. The number of hydrogen-bond acceptors (Lipinski definition) is 6. The van der Waals surface area contributed by atoms with Gasteiger partial charge in [0.15, 0.2) is 0 Å². The Morgan fingerprint density at radius 3 is 2.80 bits per heavy atom. The minimum atomic E-state index is 0.348. The summed E-state index contributed by atoms with van der Waals surface area (Å²) in [6.45, 7) is 5.81. The van der Waals surface area contributed by atoms with Crippen molar-refractivity contribution in [3.63, 3.8) is 0 Å². The van der Waals surface area contributed by atoms with Crippen molar-refractivity contribution < 1.29 is 4.74 Å². The lowest BCUT2D eigenvalue weighted by atomic mass is 10.2. The van der Waals surface area contributed by atoms with E-state index in [2.05, 4.69) is 28.1 Å². The molecule has 0 aliphatic carbocycles. The minimum Gasteiger partial charge on any atom is -0.383 e. The van der Waals surface area contributed by atoms with Crippen LogP contribution in [0.25, 0.3) is 0 Å². The second-order valence-corrected chi connectivity index (χ2v) is 4.11. The average Bonchev–Trinajstić information content (AvgIpc) is 2.65. The van der Waals surface area contributed by atoms with E-state index in [0.29, 0.717) is 18.6 Å². The summed E-state index contributed by atoms with van der Waals surface area (Å²) < 4.78 is 9.07. The first-order chi connectivity index (χ1) is 7.19. The van der Waals surface area contributed by atoms with Crippen LogP contribution in [0, 0.1) is 0 Å². The Morgan fingerprint density at radius 1 is 1.60 bits per heavy atom. The highest BCUT2D eigenvalue weighted by atomic mass is 32.1. The molecule has 0 spiro atoms. The van der Waals surface area contributed by atoms with Gasteiger partial charge in [-0.1, -0.05) is 6.92 Å². The van der Waals surface area contributed by atoms with Crippen LogP contribution in [-0.4, -0.2) is 35.7 Å². The summed E-state index contributed by atoms with van der Waals surface area (Å²) in [6, 6.07) is 0.424. The fraction of sp³-hybridized carbons (Fsp3) is 0.778. The largest absolute Gasteiger partial charge is 0.383 e. The van der Waals surface area contributed by atoms with E-state index >= 15 is 0 Å². The van der Waals surface area contributed by atoms with Crippen molar-refractivity contribution in [1.29, 1.82) is 0 Å². The third-order valence-corrected chi connectivity index (χ3v) is 3.10.